The molecule has 1 atom stereocenters. The van der Waals surface area contributed by atoms with Gasteiger partial charge in [0, 0.05) is 36.1 Å². The van der Waals surface area contributed by atoms with Gasteiger partial charge in [-0.1, -0.05) is 30.1 Å². The smallest absolute Gasteiger partial charge is 0.226 e. The molecule has 0 aliphatic rings. The van der Waals surface area contributed by atoms with Gasteiger partial charge in [0.1, 0.15) is 0 Å². The second-order valence-electron chi connectivity index (χ2n) is 4.11. The fourth-order valence-corrected chi connectivity index (χ4v) is 2.10. The summed E-state index contributed by atoms with van der Waals surface area (Å²) >= 11 is 11.8. The van der Waals surface area contributed by atoms with E-state index in [-0.39, 0.29) is 24.2 Å². The summed E-state index contributed by atoms with van der Waals surface area (Å²) in [4.78, 5) is 13.5. The van der Waals surface area contributed by atoms with Crippen LogP contribution >= 0.6 is 35.6 Å². The monoisotopic (exact) mass is 310 g/mol. The molecule has 0 aromatic heterocycles. The van der Waals surface area contributed by atoms with E-state index in [9.17, 15) is 4.79 Å². The van der Waals surface area contributed by atoms with Gasteiger partial charge in [0.2, 0.25) is 5.91 Å². The molecule has 18 heavy (non-hydrogen) atoms. The first-order chi connectivity index (χ1) is 7.93. The van der Waals surface area contributed by atoms with Crippen LogP contribution in [0.1, 0.15) is 12.5 Å². The molecule has 0 saturated carbocycles. The Kier molecular flexibility index (Phi) is 7.64. The van der Waals surface area contributed by atoms with Crippen LogP contribution in [0.15, 0.2) is 18.2 Å². The number of carbonyl (C=O) groups is 1. The maximum atomic E-state index is 11.8. The van der Waals surface area contributed by atoms with Crippen LogP contribution in [0.25, 0.3) is 0 Å². The highest BCUT2D eigenvalue weighted by Crippen LogP contribution is 2.20. The summed E-state index contributed by atoms with van der Waals surface area (Å²) < 4.78 is 0. The van der Waals surface area contributed by atoms with Crippen molar-refractivity contribution in [3.05, 3.63) is 33.8 Å². The molecule has 3 nitrogen and oxygen atoms in total. The summed E-state index contributed by atoms with van der Waals surface area (Å²) in [5.41, 5.74) is 6.37. The predicted octanol–water partition coefficient (Wildman–Crippen LogP) is 2.97. The third-order valence-electron chi connectivity index (χ3n) is 2.49. The zero-order chi connectivity index (χ0) is 13.0. The minimum absolute atomic E-state index is 0. The van der Waals surface area contributed by atoms with Gasteiger partial charge in [-0.3, -0.25) is 4.79 Å². The molecule has 0 spiro atoms. The van der Waals surface area contributed by atoms with Crippen molar-refractivity contribution < 1.29 is 4.79 Å². The molecular formula is C12H17Cl3N2O. The average molecular weight is 312 g/mol. The molecule has 0 aliphatic carbocycles. The molecule has 1 amide bonds. The SMILES string of the molecule is CC(CN)C(=O)N(C)Cc1cc(Cl)cc(Cl)c1.Cl. The topological polar surface area (TPSA) is 46.3 Å². The molecule has 0 radical (unpaired) electrons. The van der Waals surface area contributed by atoms with E-state index in [0.29, 0.717) is 23.1 Å². The highest BCUT2D eigenvalue weighted by molar-refractivity contribution is 6.34. The molecule has 1 aromatic carbocycles. The Bertz CT molecular complexity index is 392. The van der Waals surface area contributed by atoms with Crippen LogP contribution in [0.3, 0.4) is 0 Å². The highest BCUT2D eigenvalue weighted by Gasteiger charge is 2.16. The van der Waals surface area contributed by atoms with Crippen LogP contribution in [-0.4, -0.2) is 24.4 Å². The molecule has 0 heterocycles. The molecule has 1 aromatic rings. The van der Waals surface area contributed by atoms with Crippen LogP contribution in [0.2, 0.25) is 10.0 Å². The fraction of sp³-hybridized carbons (Fsp3) is 0.417. The maximum Gasteiger partial charge on any atom is 0.226 e. The van der Waals surface area contributed by atoms with Crippen molar-refractivity contribution in [3.63, 3.8) is 0 Å². The standard InChI is InChI=1S/C12H16Cl2N2O.ClH/c1-8(6-15)12(17)16(2)7-9-3-10(13)5-11(14)4-9;/h3-5,8H,6-7,15H2,1-2H3;1H. The Balaban J connectivity index is 0.00000289. The molecule has 0 saturated heterocycles. The maximum absolute atomic E-state index is 11.8. The van der Waals surface area contributed by atoms with Crippen molar-refractivity contribution >= 4 is 41.5 Å². The van der Waals surface area contributed by atoms with Crippen LogP contribution in [0.5, 0.6) is 0 Å². The van der Waals surface area contributed by atoms with Gasteiger partial charge in [-0.15, -0.1) is 12.4 Å². The third-order valence-corrected chi connectivity index (χ3v) is 2.93. The molecule has 1 rings (SSSR count). The van der Waals surface area contributed by atoms with E-state index in [1.807, 2.05) is 6.92 Å². The summed E-state index contributed by atoms with van der Waals surface area (Å²) in [7, 11) is 1.74. The van der Waals surface area contributed by atoms with Crippen molar-refractivity contribution in [2.24, 2.45) is 11.7 Å². The van der Waals surface area contributed by atoms with Gasteiger partial charge in [-0.2, -0.15) is 0 Å². The van der Waals surface area contributed by atoms with E-state index in [1.165, 1.54) is 0 Å². The van der Waals surface area contributed by atoms with Gasteiger partial charge in [0.15, 0.2) is 0 Å². The summed E-state index contributed by atoms with van der Waals surface area (Å²) in [6.07, 6.45) is 0. The lowest BCUT2D eigenvalue weighted by Gasteiger charge is -2.20. The van der Waals surface area contributed by atoms with E-state index in [0.717, 1.165) is 5.56 Å². The number of hydrogen-bond donors (Lipinski definition) is 1. The van der Waals surface area contributed by atoms with Crippen LogP contribution in [0.4, 0.5) is 0 Å². The van der Waals surface area contributed by atoms with Crippen molar-refractivity contribution in [2.45, 2.75) is 13.5 Å². The largest absolute Gasteiger partial charge is 0.341 e. The first-order valence-corrected chi connectivity index (χ1v) is 6.09. The number of hydrogen-bond acceptors (Lipinski definition) is 2. The number of halogens is 3. The number of rotatable bonds is 4. The highest BCUT2D eigenvalue weighted by atomic mass is 35.5. The number of carbonyl (C=O) groups excluding carboxylic acids is 1. The Morgan fingerprint density at radius 2 is 1.83 bits per heavy atom. The van der Waals surface area contributed by atoms with Crippen LogP contribution in [-0.2, 0) is 11.3 Å². The number of nitrogens with zero attached hydrogens (tertiary/aromatic N) is 1. The van der Waals surface area contributed by atoms with E-state index in [1.54, 1.807) is 30.1 Å². The lowest BCUT2D eigenvalue weighted by Crippen LogP contribution is -2.34. The molecule has 6 heteroatoms. The molecule has 102 valence electrons. The van der Waals surface area contributed by atoms with Gasteiger partial charge >= 0.3 is 0 Å². The van der Waals surface area contributed by atoms with Crippen molar-refractivity contribution in [1.29, 1.82) is 0 Å². The Hall–Kier alpha value is -0.480. The Morgan fingerprint density at radius 3 is 2.28 bits per heavy atom. The second kappa shape index (κ2) is 7.85. The van der Waals surface area contributed by atoms with Crippen molar-refractivity contribution in [2.75, 3.05) is 13.6 Å². The van der Waals surface area contributed by atoms with Gasteiger partial charge in [0.05, 0.1) is 0 Å². The molecule has 0 fully saturated rings. The predicted molar refractivity (Wildman–Crippen MR) is 78.4 cm³/mol. The third kappa shape index (κ3) is 5.02. The minimum Gasteiger partial charge on any atom is -0.341 e. The van der Waals surface area contributed by atoms with Gasteiger partial charge in [-0.25, -0.2) is 0 Å². The van der Waals surface area contributed by atoms with E-state index in [2.05, 4.69) is 0 Å². The minimum atomic E-state index is -0.172. The summed E-state index contributed by atoms with van der Waals surface area (Å²) in [5, 5.41) is 1.14. The number of amides is 1. The zero-order valence-corrected chi connectivity index (χ0v) is 12.6. The average Bonchev–Trinajstić information content (AvgIpc) is 2.25. The van der Waals surface area contributed by atoms with E-state index in [4.69, 9.17) is 28.9 Å². The quantitative estimate of drug-likeness (QED) is 0.929. The molecule has 2 N–H and O–H groups in total. The van der Waals surface area contributed by atoms with Gasteiger partial charge in [-0.05, 0) is 23.8 Å². The van der Waals surface area contributed by atoms with E-state index < -0.39 is 0 Å². The normalized spacial score (nSPS) is 11.6. The van der Waals surface area contributed by atoms with Gasteiger partial charge < -0.3 is 10.6 Å². The fourth-order valence-electron chi connectivity index (χ4n) is 1.53. The molecule has 0 aliphatic heterocycles. The summed E-state index contributed by atoms with van der Waals surface area (Å²) in [6.45, 7) is 2.63. The van der Waals surface area contributed by atoms with Gasteiger partial charge in [0.25, 0.3) is 0 Å². The molecule has 0 bridgehead atoms. The van der Waals surface area contributed by atoms with Crippen molar-refractivity contribution in [1.82, 2.24) is 4.90 Å². The van der Waals surface area contributed by atoms with E-state index >= 15 is 0 Å². The molecule has 1 unspecified atom stereocenters. The summed E-state index contributed by atoms with van der Waals surface area (Å²) in [5.74, 6) is -0.154. The molecular weight excluding hydrogens is 295 g/mol. The number of nitrogens with two attached hydrogens (primary N) is 1. The first-order valence-electron chi connectivity index (χ1n) is 5.34. The zero-order valence-electron chi connectivity index (χ0n) is 10.3. The Morgan fingerprint density at radius 1 is 1.33 bits per heavy atom. The lowest BCUT2D eigenvalue weighted by molar-refractivity contribution is -0.133. The first kappa shape index (κ1) is 17.5. The Labute approximate surface area is 124 Å². The van der Waals surface area contributed by atoms with Crippen LogP contribution < -0.4 is 5.73 Å². The van der Waals surface area contributed by atoms with Crippen molar-refractivity contribution in [3.8, 4) is 0 Å². The second-order valence-corrected chi connectivity index (χ2v) is 4.98. The summed E-state index contributed by atoms with van der Waals surface area (Å²) in [6, 6.07) is 5.26. The number of benzene rings is 1. The lowest BCUT2D eigenvalue weighted by atomic mass is 10.1. The van der Waals surface area contributed by atoms with Crippen LogP contribution in [0, 0.1) is 5.92 Å².